The van der Waals surface area contributed by atoms with Crippen LogP contribution < -0.4 is 5.32 Å². The predicted octanol–water partition coefficient (Wildman–Crippen LogP) is 2.09. The molecule has 15 heavy (non-hydrogen) atoms. The smallest absolute Gasteiger partial charge is 0.109 e. The summed E-state index contributed by atoms with van der Waals surface area (Å²) >= 11 is 0. The Hall–Kier alpha value is -0.540. The number of hydrogen-bond donors (Lipinski definition) is 1. The van der Waals surface area contributed by atoms with Crippen LogP contribution in [0.4, 0.5) is 0 Å². The van der Waals surface area contributed by atoms with Crippen LogP contribution in [0.25, 0.3) is 0 Å². The fourth-order valence-electron chi connectivity index (χ4n) is 1.76. The molecule has 1 aliphatic rings. The summed E-state index contributed by atoms with van der Waals surface area (Å²) in [5, 5.41) is 3.44. The van der Waals surface area contributed by atoms with Crippen LogP contribution in [0, 0.1) is 0 Å². The second kappa shape index (κ2) is 7.71. The van der Waals surface area contributed by atoms with Gasteiger partial charge < -0.3 is 14.8 Å². The Labute approximate surface area is 92.8 Å². The van der Waals surface area contributed by atoms with Crippen LogP contribution in [-0.4, -0.2) is 32.4 Å². The summed E-state index contributed by atoms with van der Waals surface area (Å²) in [5.74, 6) is 1.11. The predicted molar refractivity (Wildman–Crippen MR) is 61.8 cm³/mol. The third kappa shape index (κ3) is 4.67. The molecule has 88 valence electrons. The molecule has 1 rings (SSSR count). The molecule has 0 amide bonds. The van der Waals surface area contributed by atoms with E-state index in [-0.39, 0.29) is 0 Å². The fraction of sp³-hybridized carbons (Fsp3) is 0.833. The largest absolute Gasteiger partial charge is 0.497 e. The highest BCUT2D eigenvalue weighted by atomic mass is 16.5. The van der Waals surface area contributed by atoms with Crippen LogP contribution in [0.5, 0.6) is 0 Å². The van der Waals surface area contributed by atoms with Crippen molar-refractivity contribution in [3.05, 3.63) is 11.8 Å². The van der Waals surface area contributed by atoms with Gasteiger partial charge in [-0.25, -0.2) is 0 Å². The van der Waals surface area contributed by atoms with Crippen LogP contribution in [-0.2, 0) is 9.47 Å². The van der Waals surface area contributed by atoms with Gasteiger partial charge in [-0.15, -0.1) is 0 Å². The molecule has 1 N–H and O–H groups in total. The van der Waals surface area contributed by atoms with Gasteiger partial charge in [0.2, 0.25) is 0 Å². The first-order chi connectivity index (χ1) is 7.38. The van der Waals surface area contributed by atoms with Crippen molar-refractivity contribution in [2.24, 2.45) is 0 Å². The zero-order chi connectivity index (χ0) is 10.9. The summed E-state index contributed by atoms with van der Waals surface area (Å²) in [5.41, 5.74) is 0. The zero-order valence-electron chi connectivity index (χ0n) is 9.92. The van der Waals surface area contributed by atoms with E-state index < -0.39 is 0 Å². The van der Waals surface area contributed by atoms with Gasteiger partial charge in [0.15, 0.2) is 0 Å². The van der Waals surface area contributed by atoms with E-state index in [4.69, 9.17) is 9.47 Å². The lowest BCUT2D eigenvalue weighted by molar-refractivity contribution is 0.120. The molecular weight excluding hydrogens is 190 g/mol. The van der Waals surface area contributed by atoms with Crippen molar-refractivity contribution in [1.29, 1.82) is 0 Å². The van der Waals surface area contributed by atoms with Crippen molar-refractivity contribution < 1.29 is 9.47 Å². The normalized spacial score (nSPS) is 18.1. The Morgan fingerprint density at radius 2 is 2.40 bits per heavy atom. The lowest BCUT2D eigenvalue weighted by atomic mass is 10.1. The maximum absolute atomic E-state index is 5.67. The molecule has 1 atom stereocenters. The van der Waals surface area contributed by atoms with Gasteiger partial charge in [0.25, 0.3) is 0 Å². The summed E-state index contributed by atoms with van der Waals surface area (Å²) in [7, 11) is 0. The average Bonchev–Trinajstić information content (AvgIpc) is 2.29. The summed E-state index contributed by atoms with van der Waals surface area (Å²) in [6, 6.07) is 0.335. The van der Waals surface area contributed by atoms with Crippen molar-refractivity contribution in [2.45, 2.75) is 39.2 Å². The molecule has 1 unspecified atom stereocenters. The molecule has 0 fully saturated rings. The summed E-state index contributed by atoms with van der Waals surface area (Å²) in [4.78, 5) is 0. The summed E-state index contributed by atoms with van der Waals surface area (Å²) < 4.78 is 11.0. The van der Waals surface area contributed by atoms with Crippen molar-refractivity contribution in [3.8, 4) is 0 Å². The topological polar surface area (TPSA) is 30.5 Å². The molecule has 0 radical (unpaired) electrons. The molecule has 0 bridgehead atoms. The van der Waals surface area contributed by atoms with E-state index in [9.17, 15) is 0 Å². The molecule has 3 nitrogen and oxygen atoms in total. The van der Waals surface area contributed by atoms with Crippen LogP contribution in [0.2, 0.25) is 0 Å². The standard InChI is InChI=1S/C12H23NO2/c1-3-13-11(8-10-14-4-2)12-7-5-6-9-15-12/h7,11,13H,3-6,8-10H2,1-2H3. The molecule has 0 aromatic heterocycles. The molecular formula is C12H23NO2. The van der Waals surface area contributed by atoms with Gasteiger partial charge in [0, 0.05) is 13.2 Å². The van der Waals surface area contributed by atoms with E-state index in [1.54, 1.807) is 0 Å². The summed E-state index contributed by atoms with van der Waals surface area (Å²) in [6.45, 7) is 7.57. The van der Waals surface area contributed by atoms with Crippen LogP contribution >= 0.6 is 0 Å². The van der Waals surface area contributed by atoms with Gasteiger partial charge in [-0.05, 0) is 38.8 Å². The SMILES string of the molecule is CCNC(CCOCC)C1=CCCCO1. The Kier molecular flexibility index (Phi) is 6.44. The maximum Gasteiger partial charge on any atom is 0.109 e. The second-order valence-electron chi connectivity index (χ2n) is 3.69. The Morgan fingerprint density at radius 3 is 3.00 bits per heavy atom. The van der Waals surface area contributed by atoms with E-state index in [0.29, 0.717) is 6.04 Å². The molecule has 3 heteroatoms. The molecule has 0 aromatic carbocycles. The van der Waals surface area contributed by atoms with E-state index in [2.05, 4.69) is 18.3 Å². The number of nitrogens with one attached hydrogen (secondary N) is 1. The first-order valence-electron chi connectivity index (χ1n) is 6.02. The first kappa shape index (κ1) is 12.5. The highest BCUT2D eigenvalue weighted by Crippen LogP contribution is 2.15. The highest BCUT2D eigenvalue weighted by molar-refractivity contribution is 5.05. The number of likely N-dealkylation sites (N-methyl/N-ethyl adjacent to an activating group) is 1. The molecule has 0 saturated carbocycles. The minimum atomic E-state index is 0.335. The van der Waals surface area contributed by atoms with Gasteiger partial charge in [0.05, 0.1) is 12.6 Å². The second-order valence-corrected chi connectivity index (χ2v) is 3.69. The Balaban J connectivity index is 2.37. The van der Waals surface area contributed by atoms with E-state index in [1.807, 2.05) is 6.92 Å². The minimum absolute atomic E-state index is 0.335. The van der Waals surface area contributed by atoms with Crippen molar-refractivity contribution in [1.82, 2.24) is 5.32 Å². The monoisotopic (exact) mass is 213 g/mol. The van der Waals surface area contributed by atoms with E-state index >= 15 is 0 Å². The van der Waals surface area contributed by atoms with E-state index in [1.165, 1.54) is 0 Å². The molecule has 0 saturated heterocycles. The van der Waals surface area contributed by atoms with Gasteiger partial charge in [-0.1, -0.05) is 6.92 Å². The van der Waals surface area contributed by atoms with Gasteiger partial charge in [-0.3, -0.25) is 0 Å². The summed E-state index contributed by atoms with van der Waals surface area (Å²) in [6.07, 6.45) is 5.50. The lowest BCUT2D eigenvalue weighted by Gasteiger charge is -2.24. The highest BCUT2D eigenvalue weighted by Gasteiger charge is 2.16. The molecule has 0 aliphatic carbocycles. The van der Waals surface area contributed by atoms with Crippen molar-refractivity contribution in [3.63, 3.8) is 0 Å². The average molecular weight is 213 g/mol. The quantitative estimate of drug-likeness (QED) is 0.657. The van der Waals surface area contributed by atoms with E-state index in [0.717, 1.165) is 51.4 Å². The molecule has 1 aliphatic heterocycles. The van der Waals surface area contributed by atoms with Crippen LogP contribution in [0.15, 0.2) is 11.8 Å². The molecule has 1 heterocycles. The van der Waals surface area contributed by atoms with Crippen LogP contribution in [0.3, 0.4) is 0 Å². The number of hydrogen-bond acceptors (Lipinski definition) is 3. The fourth-order valence-corrected chi connectivity index (χ4v) is 1.76. The minimum Gasteiger partial charge on any atom is -0.497 e. The zero-order valence-corrected chi connectivity index (χ0v) is 9.92. The Bertz CT molecular complexity index is 192. The van der Waals surface area contributed by atoms with Gasteiger partial charge >= 0.3 is 0 Å². The molecule has 0 aromatic rings. The van der Waals surface area contributed by atoms with Crippen LogP contribution in [0.1, 0.15) is 33.1 Å². The Morgan fingerprint density at radius 1 is 1.53 bits per heavy atom. The molecule has 0 spiro atoms. The third-order valence-electron chi connectivity index (χ3n) is 2.51. The third-order valence-corrected chi connectivity index (χ3v) is 2.51. The van der Waals surface area contributed by atoms with Crippen molar-refractivity contribution in [2.75, 3.05) is 26.4 Å². The first-order valence-corrected chi connectivity index (χ1v) is 6.02. The number of ether oxygens (including phenoxy) is 2. The lowest BCUT2D eigenvalue weighted by Crippen LogP contribution is -2.34. The number of rotatable bonds is 7. The van der Waals surface area contributed by atoms with Gasteiger partial charge in [0.1, 0.15) is 5.76 Å². The maximum atomic E-state index is 5.67. The number of allylic oxidation sites excluding steroid dienone is 1. The van der Waals surface area contributed by atoms with Crippen molar-refractivity contribution >= 4 is 0 Å². The van der Waals surface area contributed by atoms with Gasteiger partial charge in [-0.2, -0.15) is 0 Å².